The van der Waals surface area contributed by atoms with Gasteiger partial charge in [-0.05, 0) is 70.8 Å². The fraction of sp³-hybridized carbons (Fsp3) is 0.364. The Bertz CT molecular complexity index is 1180. The predicted molar refractivity (Wildman–Crippen MR) is 116 cm³/mol. The van der Waals surface area contributed by atoms with Crippen LogP contribution in [0.4, 0.5) is 0 Å². The molecule has 1 saturated heterocycles. The number of hydrogen-bond acceptors (Lipinski definition) is 4. The first-order chi connectivity index (χ1) is 13.4. The lowest BCUT2D eigenvalue weighted by atomic mass is 9.76. The maximum Gasteiger partial charge on any atom is 0.495 e. The first kappa shape index (κ1) is 20.2. The molecule has 5 nitrogen and oxygen atoms in total. The molecular formula is C22H26BNO4S. The summed E-state index contributed by atoms with van der Waals surface area (Å²) in [4.78, 5) is 0.265. The Morgan fingerprint density at radius 1 is 0.897 bits per heavy atom. The lowest BCUT2D eigenvalue weighted by molar-refractivity contribution is 0.00578. The van der Waals surface area contributed by atoms with Crippen molar-refractivity contribution in [2.75, 3.05) is 0 Å². The average Bonchev–Trinajstić information content (AvgIpc) is 3.09. The lowest BCUT2D eigenvalue weighted by Crippen LogP contribution is -2.41. The van der Waals surface area contributed by atoms with E-state index in [0.29, 0.717) is 5.52 Å². The van der Waals surface area contributed by atoms with E-state index >= 15 is 0 Å². The molecule has 2 heterocycles. The van der Waals surface area contributed by atoms with Crippen LogP contribution in [0.1, 0.15) is 38.8 Å². The van der Waals surface area contributed by atoms with E-state index in [1.54, 1.807) is 30.5 Å². The van der Waals surface area contributed by atoms with Crippen molar-refractivity contribution in [3.05, 3.63) is 59.8 Å². The Morgan fingerprint density at radius 3 is 2.07 bits per heavy atom. The van der Waals surface area contributed by atoms with Crippen LogP contribution in [0.2, 0.25) is 0 Å². The third-order valence-corrected chi connectivity index (χ3v) is 7.79. The Balaban J connectivity index is 1.87. The summed E-state index contributed by atoms with van der Waals surface area (Å²) in [6.07, 6.45) is 1.68. The van der Waals surface area contributed by atoms with E-state index in [1.807, 2.05) is 59.7 Å². The van der Waals surface area contributed by atoms with Gasteiger partial charge in [-0.1, -0.05) is 29.8 Å². The molecule has 2 aromatic carbocycles. The summed E-state index contributed by atoms with van der Waals surface area (Å²) in [6.45, 7) is 11.9. The van der Waals surface area contributed by atoms with Gasteiger partial charge < -0.3 is 9.31 Å². The highest BCUT2D eigenvalue weighted by molar-refractivity contribution is 7.90. The normalized spacial score (nSPS) is 18.5. The van der Waals surface area contributed by atoms with E-state index in [4.69, 9.17) is 9.31 Å². The summed E-state index contributed by atoms with van der Waals surface area (Å²) in [7, 11) is -4.27. The van der Waals surface area contributed by atoms with Crippen molar-refractivity contribution in [1.82, 2.24) is 3.97 Å². The highest BCUT2D eigenvalue weighted by Crippen LogP contribution is 2.37. The molecule has 0 bridgehead atoms. The van der Waals surface area contributed by atoms with Crippen LogP contribution in [0.5, 0.6) is 0 Å². The van der Waals surface area contributed by atoms with Crippen LogP contribution >= 0.6 is 0 Å². The monoisotopic (exact) mass is 411 g/mol. The smallest absolute Gasteiger partial charge is 0.399 e. The molecule has 152 valence electrons. The maximum absolute atomic E-state index is 13.3. The molecule has 1 aliphatic rings. The first-order valence-electron chi connectivity index (χ1n) is 9.72. The summed E-state index contributed by atoms with van der Waals surface area (Å²) in [5, 5.41) is 0.849. The Labute approximate surface area is 172 Å². The van der Waals surface area contributed by atoms with Crippen LogP contribution in [-0.4, -0.2) is 30.7 Å². The molecule has 0 spiro atoms. The second-order valence-corrected chi connectivity index (χ2v) is 10.6. The van der Waals surface area contributed by atoms with Gasteiger partial charge >= 0.3 is 7.12 Å². The highest BCUT2D eigenvalue weighted by atomic mass is 32.2. The molecule has 4 rings (SSSR count). The number of benzene rings is 2. The molecule has 0 amide bonds. The summed E-state index contributed by atoms with van der Waals surface area (Å²) in [5.74, 6) is 0. The quantitative estimate of drug-likeness (QED) is 0.616. The average molecular weight is 411 g/mol. The van der Waals surface area contributed by atoms with Gasteiger partial charge in [0.1, 0.15) is 0 Å². The number of fused-ring (bicyclic) bond motifs is 1. The molecule has 0 radical (unpaired) electrons. The summed E-state index contributed by atoms with van der Waals surface area (Å²) < 4.78 is 40.4. The van der Waals surface area contributed by atoms with Gasteiger partial charge in [0, 0.05) is 11.6 Å². The third kappa shape index (κ3) is 3.12. The van der Waals surface area contributed by atoms with E-state index in [0.717, 1.165) is 22.0 Å². The number of aromatic nitrogens is 1. The van der Waals surface area contributed by atoms with Gasteiger partial charge in [0.25, 0.3) is 10.0 Å². The van der Waals surface area contributed by atoms with Gasteiger partial charge in [-0.2, -0.15) is 0 Å². The fourth-order valence-electron chi connectivity index (χ4n) is 3.67. The minimum Gasteiger partial charge on any atom is -0.399 e. The van der Waals surface area contributed by atoms with E-state index in [9.17, 15) is 8.42 Å². The number of nitrogens with zero attached hydrogens (tertiary/aromatic N) is 1. The zero-order valence-corrected chi connectivity index (χ0v) is 18.5. The van der Waals surface area contributed by atoms with Crippen molar-refractivity contribution in [1.29, 1.82) is 0 Å². The van der Waals surface area contributed by atoms with Crippen molar-refractivity contribution in [3.63, 3.8) is 0 Å². The minimum absolute atomic E-state index is 0.265. The molecule has 7 heteroatoms. The van der Waals surface area contributed by atoms with Crippen LogP contribution in [-0.2, 0) is 19.3 Å². The fourth-order valence-corrected chi connectivity index (χ4v) is 5.09. The number of aryl methyl sites for hydroxylation is 2. The molecule has 0 N–H and O–H groups in total. The summed E-state index contributed by atoms with van der Waals surface area (Å²) in [5.41, 5.74) is 2.41. The lowest BCUT2D eigenvalue weighted by Gasteiger charge is -2.32. The van der Waals surface area contributed by atoms with E-state index in [-0.39, 0.29) is 4.90 Å². The molecular weight excluding hydrogens is 385 g/mol. The Hall–Kier alpha value is -2.09. The Morgan fingerprint density at radius 2 is 1.48 bits per heavy atom. The largest absolute Gasteiger partial charge is 0.495 e. The molecule has 1 fully saturated rings. The molecule has 0 saturated carbocycles. The minimum atomic E-state index is -3.71. The van der Waals surface area contributed by atoms with Crippen LogP contribution in [0.25, 0.3) is 10.9 Å². The van der Waals surface area contributed by atoms with Gasteiger partial charge in [0.2, 0.25) is 0 Å². The number of hydrogen-bond donors (Lipinski definition) is 0. The van der Waals surface area contributed by atoms with Crippen molar-refractivity contribution in [3.8, 4) is 0 Å². The zero-order valence-electron chi connectivity index (χ0n) is 17.7. The van der Waals surface area contributed by atoms with Crippen LogP contribution in [0.3, 0.4) is 0 Å². The van der Waals surface area contributed by atoms with Gasteiger partial charge in [0.15, 0.2) is 0 Å². The van der Waals surface area contributed by atoms with Crippen molar-refractivity contribution in [2.45, 2.75) is 57.6 Å². The van der Waals surface area contributed by atoms with Gasteiger partial charge in [-0.3, -0.25) is 0 Å². The molecule has 1 aliphatic heterocycles. The zero-order chi connectivity index (χ0) is 21.2. The van der Waals surface area contributed by atoms with E-state index < -0.39 is 28.3 Å². The topological polar surface area (TPSA) is 57.5 Å². The van der Waals surface area contributed by atoms with Crippen LogP contribution in [0.15, 0.2) is 53.6 Å². The van der Waals surface area contributed by atoms with Gasteiger partial charge in [-0.15, -0.1) is 0 Å². The summed E-state index contributed by atoms with van der Waals surface area (Å²) >= 11 is 0. The molecule has 0 aliphatic carbocycles. The van der Waals surface area contributed by atoms with Crippen LogP contribution in [0, 0.1) is 13.8 Å². The van der Waals surface area contributed by atoms with E-state index in [2.05, 4.69) is 0 Å². The SMILES string of the molecule is Cc1ccc(S(=O)(=O)n2cc(C)c3c(B4OC(C)(C)C(C)(C)O4)cccc32)cc1. The third-order valence-electron chi connectivity index (χ3n) is 6.10. The van der Waals surface area contributed by atoms with Crippen molar-refractivity contribution in [2.24, 2.45) is 0 Å². The molecule has 0 unspecified atom stereocenters. The molecule has 29 heavy (non-hydrogen) atoms. The van der Waals surface area contributed by atoms with Crippen molar-refractivity contribution < 1.29 is 17.7 Å². The first-order valence-corrected chi connectivity index (χ1v) is 11.2. The van der Waals surface area contributed by atoms with Crippen LogP contribution < -0.4 is 5.46 Å². The Kier molecular flexibility index (Phi) is 4.50. The maximum atomic E-state index is 13.3. The van der Waals surface area contributed by atoms with Gasteiger partial charge in [0.05, 0.1) is 21.6 Å². The van der Waals surface area contributed by atoms with E-state index in [1.165, 1.54) is 3.97 Å². The molecule has 1 aromatic heterocycles. The predicted octanol–water partition coefficient (Wildman–Crippen LogP) is 3.79. The standard InChI is InChI=1S/C22H26BNO4S/c1-15-10-12-17(13-11-15)29(25,26)24-14-16(2)20-18(8-7-9-19(20)24)23-27-21(3,4)22(5,6)28-23/h7-14H,1-6H3. The van der Waals surface area contributed by atoms with Crippen molar-refractivity contribution >= 4 is 33.5 Å². The highest BCUT2D eigenvalue weighted by Gasteiger charge is 2.52. The molecule has 0 atom stereocenters. The number of rotatable bonds is 3. The summed E-state index contributed by atoms with van der Waals surface area (Å²) in [6, 6.07) is 12.5. The van der Waals surface area contributed by atoms with Gasteiger partial charge in [-0.25, -0.2) is 12.4 Å². The molecule has 3 aromatic rings. The second-order valence-electron chi connectivity index (χ2n) is 8.76. The second kappa shape index (κ2) is 6.46.